The van der Waals surface area contributed by atoms with E-state index in [9.17, 15) is 4.79 Å². The second kappa shape index (κ2) is 11.8. The quantitative estimate of drug-likeness (QED) is 0.234. The first kappa shape index (κ1) is 20.1. The molecule has 0 aromatic rings. The summed E-state index contributed by atoms with van der Waals surface area (Å²) in [5.41, 5.74) is 1.46. The molecule has 118 valence electrons. The summed E-state index contributed by atoms with van der Waals surface area (Å²) in [4.78, 5) is 12.0. The number of nitrogens with one attached hydrogen (secondary N) is 1. The Morgan fingerprint density at radius 1 is 1.55 bits per heavy atom. The molecule has 0 spiro atoms. The summed E-state index contributed by atoms with van der Waals surface area (Å²) in [6.07, 6.45) is 13.7. The summed E-state index contributed by atoms with van der Waals surface area (Å²) in [7, 11) is 1.80. The van der Waals surface area contributed by atoms with Crippen molar-refractivity contribution in [2.24, 2.45) is 0 Å². The normalized spacial score (nSPS) is 15.0. The summed E-state index contributed by atoms with van der Waals surface area (Å²) >= 11 is 0. The molecule has 2 unspecified atom stereocenters. The fourth-order valence-electron chi connectivity index (χ4n) is 1.63. The number of hydrogen-bond acceptors (Lipinski definition) is 3. The van der Waals surface area contributed by atoms with Crippen LogP contribution in [0.25, 0.3) is 0 Å². The minimum absolute atomic E-state index is 0.131. The molecular weight excluding hydrogens is 273 g/mol. The van der Waals surface area contributed by atoms with Crippen LogP contribution in [0, 0.1) is 12.3 Å². The third-order valence-electron chi connectivity index (χ3n) is 3.30. The van der Waals surface area contributed by atoms with E-state index in [4.69, 9.17) is 11.2 Å². The van der Waals surface area contributed by atoms with Crippen molar-refractivity contribution in [3.63, 3.8) is 0 Å². The number of ether oxygens (including phenoxy) is 1. The Kier molecular flexibility index (Phi) is 10.8. The van der Waals surface area contributed by atoms with Gasteiger partial charge < -0.3 is 0 Å². The van der Waals surface area contributed by atoms with Crippen LogP contribution in [0.4, 0.5) is 0 Å². The van der Waals surface area contributed by atoms with Gasteiger partial charge in [-0.1, -0.05) is 0 Å². The fourth-order valence-corrected chi connectivity index (χ4v) is 1.63. The zero-order chi connectivity index (χ0) is 17.0. The first-order chi connectivity index (χ1) is 10.5. The van der Waals surface area contributed by atoms with Crippen LogP contribution in [0.15, 0.2) is 35.5 Å². The van der Waals surface area contributed by atoms with Crippen LogP contribution in [-0.2, 0) is 9.53 Å². The van der Waals surface area contributed by atoms with E-state index in [0.29, 0.717) is 12.2 Å². The Balaban J connectivity index is 4.76. The van der Waals surface area contributed by atoms with Gasteiger partial charge in [0.15, 0.2) is 0 Å². The number of terminal acetylenes is 1. The van der Waals surface area contributed by atoms with E-state index < -0.39 is 0 Å². The van der Waals surface area contributed by atoms with Crippen molar-refractivity contribution in [3.05, 3.63) is 35.5 Å². The van der Waals surface area contributed by atoms with Crippen molar-refractivity contribution in [1.29, 1.82) is 0 Å². The van der Waals surface area contributed by atoms with Gasteiger partial charge >= 0.3 is 135 Å². The Hall–Kier alpha value is -1.86. The fraction of sp³-hybridized carbons (Fsp3) is 0.444. The number of rotatable bonds is 9. The molecule has 0 bridgehead atoms. The van der Waals surface area contributed by atoms with Gasteiger partial charge in [0.05, 0.1) is 0 Å². The van der Waals surface area contributed by atoms with Crippen molar-refractivity contribution < 1.29 is 9.53 Å². The van der Waals surface area contributed by atoms with E-state index in [1.165, 1.54) is 0 Å². The summed E-state index contributed by atoms with van der Waals surface area (Å²) in [5, 5.41) is 2.98. The first-order valence-electron chi connectivity index (χ1n) is 7.48. The number of hydrogen-bond donors (Lipinski definition) is 1. The van der Waals surface area contributed by atoms with Crippen molar-refractivity contribution in [2.45, 2.75) is 39.1 Å². The molecular formula is C18H26BNO2. The predicted octanol–water partition coefficient (Wildman–Crippen LogP) is 2.53. The van der Waals surface area contributed by atoms with Gasteiger partial charge in [0.1, 0.15) is 0 Å². The Morgan fingerprint density at radius 2 is 2.23 bits per heavy atom. The van der Waals surface area contributed by atoms with Gasteiger partial charge in [-0.2, -0.15) is 0 Å². The number of esters is 1. The van der Waals surface area contributed by atoms with Crippen LogP contribution in [0.1, 0.15) is 27.2 Å². The van der Waals surface area contributed by atoms with Gasteiger partial charge in [0, 0.05) is 0 Å². The van der Waals surface area contributed by atoms with Crippen LogP contribution >= 0.6 is 0 Å². The first-order valence-corrected chi connectivity index (χ1v) is 7.48. The van der Waals surface area contributed by atoms with Gasteiger partial charge in [-0.15, -0.1) is 0 Å². The van der Waals surface area contributed by atoms with Gasteiger partial charge in [-0.25, -0.2) is 0 Å². The van der Waals surface area contributed by atoms with E-state index >= 15 is 0 Å². The molecule has 0 heterocycles. The van der Waals surface area contributed by atoms with Crippen LogP contribution < -0.4 is 5.32 Å². The van der Waals surface area contributed by atoms with E-state index in [-0.39, 0.29) is 17.8 Å². The van der Waals surface area contributed by atoms with Crippen molar-refractivity contribution in [3.8, 4) is 12.3 Å². The molecule has 0 amide bonds. The second-order valence-corrected chi connectivity index (χ2v) is 4.91. The third kappa shape index (κ3) is 7.80. The van der Waals surface area contributed by atoms with Gasteiger partial charge in [-0.05, 0) is 0 Å². The molecule has 0 fully saturated rings. The topological polar surface area (TPSA) is 38.3 Å². The minimum atomic E-state index is -0.310. The predicted molar refractivity (Wildman–Crippen MR) is 96.2 cm³/mol. The Bertz CT molecular complexity index is 498. The van der Waals surface area contributed by atoms with Gasteiger partial charge in [0.2, 0.25) is 0 Å². The monoisotopic (exact) mass is 299 g/mol. The number of carbonyl (C=O) groups excluding carboxylic acids is 1. The molecule has 22 heavy (non-hydrogen) atoms. The summed E-state index contributed by atoms with van der Waals surface area (Å²) in [5.74, 6) is 2.49. The molecule has 0 saturated heterocycles. The molecule has 0 radical (unpaired) electrons. The van der Waals surface area contributed by atoms with Gasteiger partial charge in [0.25, 0.3) is 0 Å². The van der Waals surface area contributed by atoms with Crippen LogP contribution in [0.5, 0.6) is 0 Å². The Morgan fingerprint density at radius 3 is 2.68 bits per heavy atom. The van der Waals surface area contributed by atoms with Crippen LogP contribution in [0.2, 0.25) is 5.82 Å². The van der Waals surface area contributed by atoms with Crippen molar-refractivity contribution in [1.82, 2.24) is 5.32 Å². The standard InChI is InChI=1S/C18H26BNO2/c1-7-15(10-11-17(9-3)20-6)12-14(4)18(21)22-13-16(8-2)19-5/h3,7,10-12,16-17,20H,5,8,13H2,1-2,4,6H3/b11-10-,14-12+,15-7+. The molecule has 0 aromatic carbocycles. The van der Waals surface area contributed by atoms with E-state index in [2.05, 4.69) is 17.7 Å². The molecule has 0 saturated carbocycles. The molecule has 0 aromatic heterocycles. The number of likely N-dealkylation sites (N-methyl/N-ethyl adjacent to an activating group) is 1. The molecule has 4 heteroatoms. The van der Waals surface area contributed by atoms with Crippen molar-refractivity contribution >= 4 is 19.4 Å². The molecule has 0 aliphatic rings. The molecule has 0 aliphatic carbocycles. The maximum atomic E-state index is 12.0. The molecule has 3 nitrogen and oxygen atoms in total. The van der Waals surface area contributed by atoms with Crippen molar-refractivity contribution in [2.75, 3.05) is 13.7 Å². The summed E-state index contributed by atoms with van der Waals surface area (Å²) in [6.45, 7) is 11.6. The maximum absolute atomic E-state index is 12.0. The SMILES string of the molecule is C#CC(\C=C/C(=C\C)/C=C(\C)C(=O)OCC(B=C)CC)NC. The second-order valence-electron chi connectivity index (χ2n) is 4.91. The van der Waals surface area contributed by atoms with E-state index in [0.717, 1.165) is 12.0 Å². The van der Waals surface area contributed by atoms with Gasteiger partial charge in [-0.3, -0.25) is 0 Å². The molecule has 0 rings (SSSR count). The Labute approximate surface area is 135 Å². The van der Waals surface area contributed by atoms with Crippen LogP contribution in [-0.4, -0.2) is 39.1 Å². The zero-order valence-electron chi connectivity index (χ0n) is 14.1. The van der Waals surface area contributed by atoms with E-state index in [1.54, 1.807) is 20.0 Å². The average molecular weight is 299 g/mol. The summed E-state index contributed by atoms with van der Waals surface area (Å²) < 4.78 is 5.29. The van der Waals surface area contributed by atoms with Crippen LogP contribution in [0.3, 0.4) is 0 Å². The zero-order valence-corrected chi connectivity index (χ0v) is 14.1. The number of allylic oxidation sites excluding steroid dienone is 4. The van der Waals surface area contributed by atoms with E-state index in [1.807, 2.05) is 39.0 Å². The molecule has 1 N–H and O–H groups in total. The molecule has 2 atom stereocenters. The average Bonchev–Trinajstić information content (AvgIpc) is 2.54. The summed E-state index contributed by atoms with van der Waals surface area (Å²) in [6, 6.07) is -0.131. The molecule has 0 aliphatic heterocycles. The number of carbonyl (C=O) groups is 1. The third-order valence-corrected chi connectivity index (χ3v) is 3.30.